The molecule has 1 aliphatic rings. The lowest BCUT2D eigenvalue weighted by Gasteiger charge is -2.37. The van der Waals surface area contributed by atoms with Crippen molar-refractivity contribution in [3.63, 3.8) is 0 Å². The number of rotatable bonds is 7. The van der Waals surface area contributed by atoms with Gasteiger partial charge in [-0.3, -0.25) is 9.59 Å². The summed E-state index contributed by atoms with van der Waals surface area (Å²) in [5, 5.41) is 5.76. The molecule has 0 aliphatic heterocycles. The van der Waals surface area contributed by atoms with E-state index < -0.39 is 11.6 Å². The number of carbonyl (C=O) groups is 3. The molecule has 0 heterocycles. The number of benzene rings is 1. The van der Waals surface area contributed by atoms with Gasteiger partial charge in [-0.15, -0.1) is 0 Å². The SMILES string of the molecule is COc1ccc(C(=O)NC2(C(=O)N[C@H](C=O)C(C)C)CCCCC2)cc1. The van der Waals surface area contributed by atoms with E-state index in [2.05, 4.69) is 10.6 Å². The van der Waals surface area contributed by atoms with Crippen LogP contribution in [0, 0.1) is 5.92 Å². The molecule has 1 aromatic rings. The van der Waals surface area contributed by atoms with Crippen LogP contribution in [0.2, 0.25) is 0 Å². The second kappa shape index (κ2) is 8.83. The van der Waals surface area contributed by atoms with Crippen LogP contribution < -0.4 is 15.4 Å². The van der Waals surface area contributed by atoms with Crippen molar-refractivity contribution >= 4 is 18.1 Å². The Morgan fingerprint density at radius 1 is 1.12 bits per heavy atom. The summed E-state index contributed by atoms with van der Waals surface area (Å²) in [6.45, 7) is 3.76. The Morgan fingerprint density at radius 3 is 2.23 bits per heavy atom. The second-order valence-electron chi connectivity index (χ2n) is 7.20. The molecular formula is C20H28N2O4. The molecule has 0 saturated heterocycles. The van der Waals surface area contributed by atoms with Crippen LogP contribution in [0.25, 0.3) is 0 Å². The largest absolute Gasteiger partial charge is 0.497 e. The summed E-state index contributed by atoms with van der Waals surface area (Å²) >= 11 is 0. The minimum absolute atomic E-state index is 0.00520. The molecule has 6 nitrogen and oxygen atoms in total. The number of nitrogens with one attached hydrogen (secondary N) is 2. The summed E-state index contributed by atoms with van der Waals surface area (Å²) in [6, 6.07) is 6.21. The third-order valence-corrected chi connectivity index (χ3v) is 5.01. The highest BCUT2D eigenvalue weighted by atomic mass is 16.5. The zero-order chi connectivity index (χ0) is 19.2. The van der Waals surface area contributed by atoms with Gasteiger partial charge in [-0.05, 0) is 43.0 Å². The van der Waals surface area contributed by atoms with E-state index in [4.69, 9.17) is 4.74 Å². The van der Waals surface area contributed by atoms with Crippen molar-refractivity contribution in [1.29, 1.82) is 0 Å². The first-order chi connectivity index (χ1) is 12.4. The van der Waals surface area contributed by atoms with Gasteiger partial charge >= 0.3 is 0 Å². The van der Waals surface area contributed by atoms with E-state index in [0.717, 1.165) is 25.5 Å². The highest BCUT2D eigenvalue weighted by molar-refractivity contribution is 5.99. The molecule has 1 fully saturated rings. The standard InChI is InChI=1S/C20H28N2O4/c1-14(2)17(13-23)21-19(25)20(11-5-4-6-12-20)22-18(24)15-7-9-16(26-3)10-8-15/h7-10,13-14,17H,4-6,11-12H2,1-3H3,(H,21,25)(H,22,24)/t17-/m1/s1. The molecule has 0 unspecified atom stereocenters. The van der Waals surface area contributed by atoms with Crippen molar-refractivity contribution in [2.45, 2.75) is 57.5 Å². The minimum atomic E-state index is -0.967. The Balaban J connectivity index is 2.18. The van der Waals surface area contributed by atoms with Crippen molar-refractivity contribution in [3.05, 3.63) is 29.8 Å². The van der Waals surface area contributed by atoms with Crippen LogP contribution in [0.1, 0.15) is 56.3 Å². The lowest BCUT2D eigenvalue weighted by atomic mass is 9.80. The molecule has 0 radical (unpaired) electrons. The molecule has 0 bridgehead atoms. The molecular weight excluding hydrogens is 332 g/mol. The molecule has 1 aromatic carbocycles. The minimum Gasteiger partial charge on any atom is -0.497 e. The molecule has 2 rings (SSSR count). The maximum atomic E-state index is 13.0. The summed E-state index contributed by atoms with van der Waals surface area (Å²) in [5.74, 6) is 0.0913. The predicted molar refractivity (Wildman–Crippen MR) is 99.1 cm³/mol. The van der Waals surface area contributed by atoms with Crippen LogP contribution >= 0.6 is 0 Å². The smallest absolute Gasteiger partial charge is 0.252 e. The molecule has 1 saturated carbocycles. The Hall–Kier alpha value is -2.37. The van der Waals surface area contributed by atoms with Gasteiger partial charge in [0.1, 0.15) is 17.6 Å². The van der Waals surface area contributed by atoms with Gasteiger partial charge in [-0.25, -0.2) is 0 Å². The van der Waals surface area contributed by atoms with Crippen LogP contribution in [0.3, 0.4) is 0 Å². The lowest BCUT2D eigenvalue weighted by Crippen LogP contribution is -2.61. The van der Waals surface area contributed by atoms with E-state index in [1.54, 1.807) is 31.4 Å². The topological polar surface area (TPSA) is 84.5 Å². The lowest BCUT2D eigenvalue weighted by molar-refractivity contribution is -0.131. The van der Waals surface area contributed by atoms with Crippen molar-refractivity contribution in [1.82, 2.24) is 10.6 Å². The highest BCUT2D eigenvalue weighted by Crippen LogP contribution is 2.29. The quantitative estimate of drug-likeness (QED) is 0.732. The van der Waals surface area contributed by atoms with E-state index in [1.807, 2.05) is 13.8 Å². The molecule has 0 spiro atoms. The van der Waals surface area contributed by atoms with Crippen molar-refractivity contribution in [2.24, 2.45) is 5.92 Å². The first-order valence-corrected chi connectivity index (χ1v) is 9.14. The summed E-state index contributed by atoms with van der Waals surface area (Å²) < 4.78 is 5.11. The van der Waals surface area contributed by atoms with Crippen molar-refractivity contribution in [3.8, 4) is 5.75 Å². The number of aldehydes is 1. The molecule has 142 valence electrons. The summed E-state index contributed by atoms with van der Waals surface area (Å²) in [6.07, 6.45) is 4.67. The van der Waals surface area contributed by atoms with Gasteiger partial charge in [0.2, 0.25) is 5.91 Å². The van der Waals surface area contributed by atoms with Crippen LogP contribution in [-0.4, -0.2) is 36.8 Å². The maximum absolute atomic E-state index is 13.0. The van der Waals surface area contributed by atoms with Crippen LogP contribution in [0.4, 0.5) is 0 Å². The van der Waals surface area contributed by atoms with Crippen LogP contribution in [0.5, 0.6) is 5.75 Å². The fourth-order valence-electron chi connectivity index (χ4n) is 3.24. The molecule has 1 atom stereocenters. The Morgan fingerprint density at radius 2 is 1.73 bits per heavy atom. The van der Waals surface area contributed by atoms with Crippen LogP contribution in [-0.2, 0) is 9.59 Å². The fraction of sp³-hybridized carbons (Fsp3) is 0.550. The van der Waals surface area contributed by atoms with E-state index in [-0.39, 0.29) is 17.7 Å². The Kier molecular flexibility index (Phi) is 6.77. The fourth-order valence-corrected chi connectivity index (χ4v) is 3.24. The molecule has 0 aromatic heterocycles. The van der Waals surface area contributed by atoms with Crippen molar-refractivity contribution < 1.29 is 19.1 Å². The van der Waals surface area contributed by atoms with Gasteiger partial charge in [-0.1, -0.05) is 33.1 Å². The van der Waals surface area contributed by atoms with Gasteiger partial charge in [0.25, 0.3) is 5.91 Å². The maximum Gasteiger partial charge on any atom is 0.252 e. The van der Waals surface area contributed by atoms with E-state index in [0.29, 0.717) is 24.2 Å². The average molecular weight is 360 g/mol. The second-order valence-corrected chi connectivity index (χ2v) is 7.20. The normalized spacial score (nSPS) is 17.2. The Bertz CT molecular complexity index is 634. The summed E-state index contributed by atoms with van der Waals surface area (Å²) in [5.41, 5.74) is -0.495. The Labute approximate surface area is 154 Å². The van der Waals surface area contributed by atoms with E-state index in [1.165, 1.54) is 0 Å². The van der Waals surface area contributed by atoms with Gasteiger partial charge in [0, 0.05) is 5.56 Å². The van der Waals surface area contributed by atoms with Gasteiger partial charge in [0.15, 0.2) is 0 Å². The number of carbonyl (C=O) groups excluding carboxylic acids is 3. The van der Waals surface area contributed by atoms with Crippen LogP contribution in [0.15, 0.2) is 24.3 Å². The number of hydrogen-bond acceptors (Lipinski definition) is 4. The monoisotopic (exact) mass is 360 g/mol. The zero-order valence-electron chi connectivity index (χ0n) is 15.7. The first-order valence-electron chi connectivity index (χ1n) is 9.14. The third-order valence-electron chi connectivity index (χ3n) is 5.01. The summed E-state index contributed by atoms with van der Waals surface area (Å²) in [7, 11) is 1.56. The number of methoxy groups -OCH3 is 1. The van der Waals surface area contributed by atoms with Gasteiger partial charge in [-0.2, -0.15) is 0 Å². The first kappa shape index (κ1) is 19.9. The third kappa shape index (κ3) is 4.62. The summed E-state index contributed by atoms with van der Waals surface area (Å²) in [4.78, 5) is 36.9. The molecule has 26 heavy (non-hydrogen) atoms. The number of hydrogen-bond donors (Lipinski definition) is 2. The van der Waals surface area contributed by atoms with Gasteiger partial charge in [0.05, 0.1) is 13.2 Å². The van der Waals surface area contributed by atoms with E-state index in [9.17, 15) is 14.4 Å². The van der Waals surface area contributed by atoms with Crippen molar-refractivity contribution in [2.75, 3.05) is 7.11 Å². The number of amides is 2. The predicted octanol–water partition coefficient (Wildman–Crippen LogP) is 2.47. The van der Waals surface area contributed by atoms with Gasteiger partial charge < -0.3 is 20.2 Å². The molecule has 2 amide bonds. The highest BCUT2D eigenvalue weighted by Gasteiger charge is 2.41. The molecule has 1 aliphatic carbocycles. The molecule has 6 heteroatoms. The van der Waals surface area contributed by atoms with E-state index >= 15 is 0 Å². The zero-order valence-corrected chi connectivity index (χ0v) is 15.7. The average Bonchev–Trinajstić information content (AvgIpc) is 2.66. The molecule has 2 N–H and O–H groups in total. The number of ether oxygens (including phenoxy) is 1.